The molecule has 2 aromatic carbocycles. The predicted molar refractivity (Wildman–Crippen MR) is 183 cm³/mol. The van der Waals surface area contributed by atoms with E-state index < -0.39 is 11.5 Å². The topological polar surface area (TPSA) is 90.8 Å². The molecule has 5 aromatic rings. The summed E-state index contributed by atoms with van der Waals surface area (Å²) >= 11 is 6.64. The van der Waals surface area contributed by atoms with E-state index in [9.17, 15) is 14.4 Å². The third-order valence-electron chi connectivity index (χ3n) is 7.80. The number of pyridine rings is 1. The third kappa shape index (κ3) is 5.32. The number of aryl methyl sites for hydroxylation is 1. The van der Waals surface area contributed by atoms with Crippen molar-refractivity contribution in [3.63, 3.8) is 0 Å². The van der Waals surface area contributed by atoms with E-state index in [0.717, 1.165) is 22.9 Å². The second-order valence-corrected chi connectivity index (χ2v) is 13.5. The second kappa shape index (κ2) is 11.3. The summed E-state index contributed by atoms with van der Waals surface area (Å²) in [7, 11) is 1.75. The van der Waals surface area contributed by atoms with Gasteiger partial charge in [0.1, 0.15) is 22.6 Å². The summed E-state index contributed by atoms with van der Waals surface area (Å²) in [5.41, 5.74) is 2.99. The Morgan fingerprint density at radius 3 is 2.27 bits per heavy atom. The van der Waals surface area contributed by atoms with Crippen molar-refractivity contribution in [3.8, 4) is 17.3 Å². The average Bonchev–Trinajstić information content (AvgIpc) is 3.39. The Morgan fingerprint density at radius 1 is 0.911 bits per heavy atom. The molecule has 3 aromatic heterocycles. The van der Waals surface area contributed by atoms with Crippen molar-refractivity contribution < 1.29 is 9.53 Å². The van der Waals surface area contributed by atoms with Crippen molar-refractivity contribution in [2.75, 3.05) is 4.90 Å². The van der Waals surface area contributed by atoms with E-state index in [-0.39, 0.29) is 37.3 Å². The number of amides is 1. The zero-order chi connectivity index (χ0) is 32.2. The molecule has 0 aliphatic carbocycles. The van der Waals surface area contributed by atoms with Crippen LogP contribution in [0.25, 0.3) is 17.4 Å². The summed E-state index contributed by atoms with van der Waals surface area (Å²) in [4.78, 5) is 47.7. The Labute approximate surface area is 269 Å². The van der Waals surface area contributed by atoms with E-state index in [4.69, 9.17) is 21.9 Å². The molecule has 0 bridgehead atoms. The lowest BCUT2D eigenvalue weighted by atomic mass is 9.87. The molecule has 228 valence electrons. The van der Waals surface area contributed by atoms with Crippen LogP contribution in [-0.4, -0.2) is 29.0 Å². The first-order valence-corrected chi connectivity index (χ1v) is 15.5. The van der Waals surface area contributed by atoms with Crippen LogP contribution in [0.2, 0.25) is 0 Å². The Morgan fingerprint density at radius 2 is 1.60 bits per heavy atom. The van der Waals surface area contributed by atoms with Crippen LogP contribution in [0, 0.1) is 13.8 Å². The zero-order valence-electron chi connectivity index (χ0n) is 25.7. The number of para-hydroxylation sites is 1. The van der Waals surface area contributed by atoms with Gasteiger partial charge in [0.2, 0.25) is 5.88 Å². The fourth-order valence-corrected chi connectivity index (χ4v) is 6.48. The number of benzene rings is 2. The van der Waals surface area contributed by atoms with E-state index in [0.29, 0.717) is 22.8 Å². The molecular formula is C34H31N5O4S2. The molecule has 1 aliphatic rings. The van der Waals surface area contributed by atoms with Crippen LogP contribution in [0.1, 0.15) is 43.2 Å². The second-order valence-electron chi connectivity index (χ2n) is 11.8. The lowest BCUT2D eigenvalue weighted by molar-refractivity contribution is -0.113. The van der Waals surface area contributed by atoms with Crippen molar-refractivity contribution >= 4 is 51.6 Å². The molecule has 4 heterocycles. The maximum absolute atomic E-state index is 13.9. The highest BCUT2D eigenvalue weighted by Crippen LogP contribution is 2.37. The number of anilines is 1. The molecule has 6 rings (SSSR count). The number of carbonyl (C=O) groups is 1. The van der Waals surface area contributed by atoms with Gasteiger partial charge < -0.3 is 4.74 Å². The summed E-state index contributed by atoms with van der Waals surface area (Å²) in [6.07, 6.45) is 3.08. The number of nitrogens with zero attached hydrogens (tertiary/aromatic N) is 5. The highest BCUT2D eigenvalue weighted by atomic mass is 32.2. The van der Waals surface area contributed by atoms with Gasteiger partial charge in [-0.3, -0.25) is 28.4 Å². The van der Waals surface area contributed by atoms with Gasteiger partial charge in [0, 0.05) is 13.2 Å². The normalized spacial score (nSPS) is 14.6. The van der Waals surface area contributed by atoms with Gasteiger partial charge in [0.05, 0.1) is 16.3 Å². The van der Waals surface area contributed by atoms with E-state index >= 15 is 0 Å². The average molecular weight is 638 g/mol. The largest absolute Gasteiger partial charge is 0.438 e. The third-order valence-corrected chi connectivity index (χ3v) is 9.10. The van der Waals surface area contributed by atoms with Crippen LogP contribution in [0.4, 0.5) is 5.69 Å². The monoisotopic (exact) mass is 637 g/mol. The zero-order valence-corrected chi connectivity index (χ0v) is 27.3. The van der Waals surface area contributed by atoms with Gasteiger partial charge in [0.25, 0.3) is 17.0 Å². The molecule has 0 spiro atoms. The van der Waals surface area contributed by atoms with E-state index in [1.807, 2.05) is 67.6 Å². The molecule has 11 heteroatoms. The molecule has 0 radical (unpaired) electrons. The highest BCUT2D eigenvalue weighted by Gasteiger charge is 2.38. The summed E-state index contributed by atoms with van der Waals surface area (Å²) in [5.74, 6) is 0.0482. The maximum Gasteiger partial charge on any atom is 0.296 e. The Kier molecular flexibility index (Phi) is 7.62. The number of rotatable bonds is 5. The molecule has 0 saturated carbocycles. The minimum atomic E-state index is -0.509. The first-order chi connectivity index (χ1) is 21.4. The van der Waals surface area contributed by atoms with Crippen LogP contribution in [-0.2, 0) is 17.3 Å². The molecule has 1 aliphatic heterocycles. The molecule has 0 atom stereocenters. The van der Waals surface area contributed by atoms with Crippen LogP contribution < -0.4 is 20.8 Å². The van der Waals surface area contributed by atoms with Crippen molar-refractivity contribution in [1.82, 2.24) is 18.7 Å². The van der Waals surface area contributed by atoms with Gasteiger partial charge in [-0.15, -0.1) is 0 Å². The van der Waals surface area contributed by atoms with Gasteiger partial charge in [-0.2, -0.15) is 4.98 Å². The summed E-state index contributed by atoms with van der Waals surface area (Å²) in [6, 6.07) is 20.4. The maximum atomic E-state index is 13.9. The number of carbonyl (C=O) groups excluding carboxylic acids is 1. The van der Waals surface area contributed by atoms with Gasteiger partial charge in [-0.05, 0) is 66.8 Å². The Hall–Kier alpha value is -4.74. The SMILES string of the molecule is Cc1cccn2c(=O)c(/C=C3/SC(=S)N(c4c(C)n(C)n(-c5ccccc5)c4=O)C3=O)c(Oc3ccc(C(C)(C)C)cc3)nc12. The van der Waals surface area contributed by atoms with Crippen LogP contribution in [0.5, 0.6) is 11.6 Å². The molecule has 45 heavy (non-hydrogen) atoms. The summed E-state index contributed by atoms with van der Waals surface area (Å²) < 4.78 is 11.0. The molecule has 0 N–H and O–H groups in total. The molecule has 9 nitrogen and oxygen atoms in total. The van der Waals surface area contributed by atoms with E-state index in [1.54, 1.807) is 30.9 Å². The van der Waals surface area contributed by atoms with Crippen LogP contribution in [0.3, 0.4) is 0 Å². The number of aromatic nitrogens is 4. The highest BCUT2D eigenvalue weighted by molar-refractivity contribution is 8.27. The lowest BCUT2D eigenvalue weighted by Gasteiger charge is -2.19. The smallest absolute Gasteiger partial charge is 0.296 e. The lowest BCUT2D eigenvalue weighted by Crippen LogP contribution is -2.33. The standard InChI is InChI=1S/C34H31N5O4S2/c1-20-11-10-18-37-28(20)35-29(43-24-16-14-22(15-17-24)34(3,4)5)25(30(37)40)19-26-31(41)38(33(44)45-26)27-21(2)36(6)39(32(27)42)23-12-8-7-9-13-23/h7-19H,1-6H3/b26-19+. The van der Waals surface area contributed by atoms with Gasteiger partial charge >= 0.3 is 0 Å². The quantitative estimate of drug-likeness (QED) is 0.165. The Balaban J connectivity index is 1.45. The van der Waals surface area contributed by atoms with Crippen LogP contribution in [0.15, 0.2) is 87.4 Å². The fraction of sp³-hybridized carbons (Fsp3) is 0.206. The minimum Gasteiger partial charge on any atom is -0.438 e. The van der Waals surface area contributed by atoms with Crippen LogP contribution >= 0.6 is 24.0 Å². The minimum absolute atomic E-state index is 0.0446. The van der Waals surface area contributed by atoms with Crippen molar-refractivity contribution in [2.24, 2.45) is 7.05 Å². The Bertz CT molecular complexity index is 2150. The first kappa shape index (κ1) is 30.3. The molecule has 0 unspecified atom stereocenters. The van der Waals surface area contributed by atoms with E-state index in [1.165, 1.54) is 20.1 Å². The number of fused-ring (bicyclic) bond motifs is 1. The molecule has 1 fully saturated rings. The van der Waals surface area contributed by atoms with Crippen molar-refractivity contribution in [2.45, 2.75) is 40.0 Å². The number of hydrogen-bond acceptors (Lipinski definition) is 7. The number of thioether (sulfide) groups is 1. The van der Waals surface area contributed by atoms with Gasteiger partial charge in [-0.1, -0.05) is 81.1 Å². The fourth-order valence-electron chi connectivity index (χ4n) is 5.23. The molecule has 1 amide bonds. The van der Waals surface area contributed by atoms with Crippen molar-refractivity contribution in [3.05, 3.63) is 121 Å². The van der Waals surface area contributed by atoms with Gasteiger partial charge in [0.15, 0.2) is 4.32 Å². The molecular weight excluding hydrogens is 607 g/mol. The first-order valence-electron chi connectivity index (χ1n) is 14.3. The predicted octanol–water partition coefficient (Wildman–Crippen LogP) is 6.30. The number of ether oxygens (including phenoxy) is 1. The molecule has 1 saturated heterocycles. The summed E-state index contributed by atoms with van der Waals surface area (Å²) in [6.45, 7) is 10.00. The van der Waals surface area contributed by atoms with E-state index in [2.05, 4.69) is 20.8 Å². The van der Waals surface area contributed by atoms with Gasteiger partial charge in [-0.25, -0.2) is 4.68 Å². The number of thiocarbonyl (C=S) groups is 1. The summed E-state index contributed by atoms with van der Waals surface area (Å²) in [5, 5.41) is 0. The number of hydrogen-bond donors (Lipinski definition) is 0. The van der Waals surface area contributed by atoms with Crippen molar-refractivity contribution in [1.29, 1.82) is 0 Å².